The molecule has 0 aliphatic heterocycles. The van der Waals surface area contributed by atoms with Crippen LogP contribution in [0.5, 0.6) is 0 Å². The third-order valence-corrected chi connectivity index (χ3v) is 10.9. The van der Waals surface area contributed by atoms with E-state index in [-0.39, 0.29) is 0 Å². The van der Waals surface area contributed by atoms with E-state index in [2.05, 4.69) is 152 Å². The maximum atomic E-state index is 6.68. The van der Waals surface area contributed by atoms with Gasteiger partial charge in [0, 0.05) is 27.5 Å². The van der Waals surface area contributed by atoms with E-state index in [4.69, 9.17) is 19.4 Å². The van der Waals surface area contributed by atoms with Crippen LogP contribution in [0.2, 0.25) is 0 Å². The second kappa shape index (κ2) is 13.6. The van der Waals surface area contributed by atoms with Gasteiger partial charge in [0.15, 0.2) is 17.5 Å². The van der Waals surface area contributed by atoms with Crippen LogP contribution in [0.25, 0.3) is 111 Å². The van der Waals surface area contributed by atoms with Gasteiger partial charge in [0.2, 0.25) is 0 Å². The van der Waals surface area contributed by atoms with Gasteiger partial charge in [-0.3, -0.25) is 0 Å². The smallest absolute Gasteiger partial charge is 0.164 e. The topological polar surface area (TPSA) is 51.8 Å². The van der Waals surface area contributed by atoms with Crippen molar-refractivity contribution in [3.63, 3.8) is 0 Å². The van der Waals surface area contributed by atoms with E-state index in [0.717, 1.165) is 71.8 Å². The molecule has 9 aromatic carbocycles. The van der Waals surface area contributed by atoms with Crippen LogP contribution in [-0.4, -0.2) is 15.0 Å². The highest BCUT2D eigenvalue weighted by Gasteiger charge is 2.20. The highest BCUT2D eigenvalue weighted by Crippen LogP contribution is 2.43. The summed E-state index contributed by atoms with van der Waals surface area (Å²) in [5, 5.41) is 6.83. The first-order valence-corrected chi connectivity index (χ1v) is 19.2. The molecule has 0 N–H and O–H groups in total. The molecule has 0 fully saturated rings. The molecule has 2 heterocycles. The number of benzene rings is 9. The van der Waals surface area contributed by atoms with Crippen molar-refractivity contribution in [2.75, 3.05) is 0 Å². The first-order valence-electron chi connectivity index (χ1n) is 19.2. The molecule has 266 valence electrons. The number of rotatable bonds is 6. The molecule has 0 bridgehead atoms. The zero-order chi connectivity index (χ0) is 37.7. The number of nitrogens with zero attached hydrogens (tertiary/aromatic N) is 3. The Morgan fingerprint density at radius 2 is 0.877 bits per heavy atom. The number of hydrogen-bond donors (Lipinski definition) is 0. The SMILES string of the molecule is c1ccc(-c2ccc(-c3ccccc3)c(-c3nc(-c4ccccc4)nc(-c4ccc5oc6cc(-c7cccc8ccccc78)c7ccccc7c6c5c4)n3)c2)cc1. The van der Waals surface area contributed by atoms with Gasteiger partial charge in [0.25, 0.3) is 0 Å². The molecule has 4 heteroatoms. The zero-order valence-electron chi connectivity index (χ0n) is 30.8. The van der Waals surface area contributed by atoms with Crippen molar-refractivity contribution in [1.82, 2.24) is 15.0 Å². The first kappa shape index (κ1) is 32.7. The van der Waals surface area contributed by atoms with Gasteiger partial charge in [-0.25, -0.2) is 15.0 Å². The summed E-state index contributed by atoms with van der Waals surface area (Å²) in [5.41, 5.74) is 11.1. The van der Waals surface area contributed by atoms with Gasteiger partial charge < -0.3 is 4.42 Å². The molecule has 57 heavy (non-hydrogen) atoms. The Morgan fingerprint density at radius 3 is 1.65 bits per heavy atom. The summed E-state index contributed by atoms with van der Waals surface area (Å²) >= 11 is 0. The monoisotopic (exact) mass is 727 g/mol. The highest BCUT2D eigenvalue weighted by molar-refractivity contribution is 6.23. The number of furan rings is 1. The fourth-order valence-electron chi connectivity index (χ4n) is 8.21. The molecule has 11 rings (SSSR count). The average molecular weight is 728 g/mol. The minimum atomic E-state index is 0.593. The van der Waals surface area contributed by atoms with Crippen molar-refractivity contribution in [3.8, 4) is 67.5 Å². The second-order valence-electron chi connectivity index (χ2n) is 14.3. The predicted octanol–water partition coefficient (Wildman–Crippen LogP) is 14.1. The van der Waals surface area contributed by atoms with Gasteiger partial charge in [-0.1, -0.05) is 170 Å². The Hall–Kier alpha value is -7.69. The lowest BCUT2D eigenvalue weighted by atomic mass is 9.92. The molecule has 0 unspecified atom stereocenters. The van der Waals surface area contributed by atoms with Gasteiger partial charge in [0.1, 0.15) is 11.2 Å². The summed E-state index contributed by atoms with van der Waals surface area (Å²) < 4.78 is 6.68. The molecule has 11 aromatic rings. The molecule has 0 aliphatic rings. The van der Waals surface area contributed by atoms with E-state index in [1.165, 1.54) is 21.7 Å². The molecule has 0 amide bonds. The molecule has 0 saturated carbocycles. The Labute approximate surface area is 329 Å². The summed E-state index contributed by atoms with van der Waals surface area (Å²) in [5.74, 6) is 1.82. The third kappa shape index (κ3) is 5.74. The van der Waals surface area contributed by atoms with Crippen LogP contribution in [0.15, 0.2) is 205 Å². The van der Waals surface area contributed by atoms with E-state index >= 15 is 0 Å². The van der Waals surface area contributed by atoms with Crippen LogP contribution >= 0.6 is 0 Å². The Bertz CT molecular complexity index is 3280. The van der Waals surface area contributed by atoms with E-state index in [1.807, 2.05) is 48.5 Å². The molecular formula is C53H33N3O. The van der Waals surface area contributed by atoms with E-state index in [0.29, 0.717) is 17.5 Å². The van der Waals surface area contributed by atoms with E-state index in [1.54, 1.807) is 0 Å². The van der Waals surface area contributed by atoms with Gasteiger partial charge in [-0.2, -0.15) is 0 Å². The number of hydrogen-bond acceptors (Lipinski definition) is 4. The van der Waals surface area contributed by atoms with E-state index < -0.39 is 0 Å². The fraction of sp³-hybridized carbons (Fsp3) is 0. The van der Waals surface area contributed by atoms with Crippen LogP contribution in [0.4, 0.5) is 0 Å². The summed E-state index contributed by atoms with van der Waals surface area (Å²) in [7, 11) is 0. The van der Waals surface area contributed by atoms with Crippen molar-refractivity contribution >= 4 is 43.5 Å². The lowest BCUT2D eigenvalue weighted by Crippen LogP contribution is -2.01. The van der Waals surface area contributed by atoms with Crippen LogP contribution in [0.3, 0.4) is 0 Å². The van der Waals surface area contributed by atoms with Gasteiger partial charge in [-0.05, 0) is 85.3 Å². The van der Waals surface area contributed by atoms with Crippen molar-refractivity contribution in [2.45, 2.75) is 0 Å². The van der Waals surface area contributed by atoms with Crippen molar-refractivity contribution < 1.29 is 4.42 Å². The largest absolute Gasteiger partial charge is 0.456 e. The normalized spacial score (nSPS) is 11.5. The summed E-state index contributed by atoms with van der Waals surface area (Å²) in [6.07, 6.45) is 0. The fourth-order valence-corrected chi connectivity index (χ4v) is 8.21. The Balaban J connectivity index is 1.13. The van der Waals surface area contributed by atoms with Crippen LogP contribution in [0.1, 0.15) is 0 Å². The lowest BCUT2D eigenvalue weighted by Gasteiger charge is -2.14. The third-order valence-electron chi connectivity index (χ3n) is 10.9. The average Bonchev–Trinajstić information content (AvgIpc) is 3.67. The van der Waals surface area contributed by atoms with Crippen LogP contribution in [-0.2, 0) is 0 Å². The second-order valence-corrected chi connectivity index (χ2v) is 14.3. The molecule has 2 aromatic heterocycles. The van der Waals surface area contributed by atoms with Crippen molar-refractivity contribution in [2.24, 2.45) is 0 Å². The molecule has 0 saturated heterocycles. The number of fused-ring (bicyclic) bond motifs is 6. The first-order chi connectivity index (χ1) is 28.2. The number of aromatic nitrogens is 3. The van der Waals surface area contributed by atoms with E-state index in [9.17, 15) is 0 Å². The molecule has 0 aliphatic carbocycles. The van der Waals surface area contributed by atoms with Gasteiger partial charge in [0.05, 0.1) is 0 Å². The standard InChI is InChI=1S/C53H33N3O/c1-4-15-34(16-5-1)38-27-29-41(35-17-6-2-7-18-35)46(31-38)53-55-51(37-20-8-3-9-21-37)54-52(56-53)39-28-30-48-47(32-39)50-44-25-13-12-24-43(44)45(33-49(50)57-48)42-26-14-22-36-19-10-11-23-40(36)42/h1-33H. The highest BCUT2D eigenvalue weighted by atomic mass is 16.3. The van der Waals surface area contributed by atoms with Crippen LogP contribution in [0, 0.1) is 0 Å². The quantitative estimate of drug-likeness (QED) is 0.171. The Kier molecular flexibility index (Phi) is 7.78. The molecule has 0 radical (unpaired) electrons. The Morgan fingerprint density at radius 1 is 0.281 bits per heavy atom. The van der Waals surface area contributed by atoms with Crippen molar-refractivity contribution in [3.05, 3.63) is 200 Å². The maximum Gasteiger partial charge on any atom is 0.164 e. The molecule has 4 nitrogen and oxygen atoms in total. The van der Waals surface area contributed by atoms with Crippen molar-refractivity contribution in [1.29, 1.82) is 0 Å². The molecular weight excluding hydrogens is 695 g/mol. The van der Waals surface area contributed by atoms with Crippen LogP contribution < -0.4 is 0 Å². The zero-order valence-corrected chi connectivity index (χ0v) is 30.8. The predicted molar refractivity (Wildman–Crippen MR) is 235 cm³/mol. The molecule has 0 spiro atoms. The van der Waals surface area contributed by atoms with Gasteiger partial charge in [-0.15, -0.1) is 0 Å². The summed E-state index contributed by atoms with van der Waals surface area (Å²) in [4.78, 5) is 15.6. The summed E-state index contributed by atoms with van der Waals surface area (Å²) in [6.45, 7) is 0. The molecule has 0 atom stereocenters. The van der Waals surface area contributed by atoms with Gasteiger partial charge >= 0.3 is 0 Å². The minimum absolute atomic E-state index is 0.593. The minimum Gasteiger partial charge on any atom is -0.456 e. The maximum absolute atomic E-state index is 6.68. The lowest BCUT2D eigenvalue weighted by molar-refractivity contribution is 0.669. The summed E-state index contributed by atoms with van der Waals surface area (Å²) in [6, 6.07) is 69.8.